The first kappa shape index (κ1) is 17.8. The van der Waals surface area contributed by atoms with Gasteiger partial charge in [-0.1, -0.05) is 23.4 Å². The van der Waals surface area contributed by atoms with Gasteiger partial charge in [0, 0.05) is 10.4 Å². The van der Waals surface area contributed by atoms with E-state index in [1.54, 1.807) is 7.11 Å². The third kappa shape index (κ3) is 4.97. The molecule has 0 aliphatic rings. The fourth-order valence-electron chi connectivity index (χ4n) is 1.93. The van der Waals surface area contributed by atoms with Crippen molar-refractivity contribution in [2.75, 3.05) is 12.9 Å². The number of carbonyl (C=O) groups is 1. The highest BCUT2D eigenvalue weighted by atomic mass is 35.5. The van der Waals surface area contributed by atoms with Crippen LogP contribution in [0, 0.1) is 0 Å². The molecule has 0 spiro atoms. The van der Waals surface area contributed by atoms with Crippen molar-refractivity contribution >= 4 is 40.6 Å². The maximum Gasteiger partial charge on any atom is 0.277 e. The molecule has 0 fully saturated rings. The van der Waals surface area contributed by atoms with Gasteiger partial charge in [-0.3, -0.25) is 4.79 Å². The Kier molecular flexibility index (Phi) is 5.95. The number of halogens is 1. The van der Waals surface area contributed by atoms with Crippen molar-refractivity contribution in [1.29, 1.82) is 0 Å². The van der Waals surface area contributed by atoms with Gasteiger partial charge >= 0.3 is 0 Å². The minimum absolute atomic E-state index is 0.112. The van der Waals surface area contributed by atoms with Crippen molar-refractivity contribution in [3.63, 3.8) is 0 Å². The minimum atomic E-state index is -0.112. The molecule has 2 aromatic heterocycles. The zero-order valence-corrected chi connectivity index (χ0v) is 15.6. The Morgan fingerprint density at radius 1 is 1.28 bits per heavy atom. The van der Waals surface area contributed by atoms with E-state index in [0.717, 1.165) is 16.2 Å². The van der Waals surface area contributed by atoms with Gasteiger partial charge < -0.3 is 14.5 Å². The van der Waals surface area contributed by atoms with Gasteiger partial charge in [-0.15, -0.1) is 21.5 Å². The van der Waals surface area contributed by atoms with Gasteiger partial charge in [-0.2, -0.15) is 0 Å². The largest absolute Gasteiger partial charge is 0.497 e. The molecule has 1 aromatic carbocycles. The van der Waals surface area contributed by atoms with Crippen LogP contribution in [-0.4, -0.2) is 29.0 Å². The molecule has 0 saturated carbocycles. The molecule has 130 valence electrons. The Morgan fingerprint density at radius 2 is 2.08 bits per heavy atom. The number of hydrogen-bond acceptors (Lipinski definition) is 7. The lowest BCUT2D eigenvalue weighted by Crippen LogP contribution is -2.24. The summed E-state index contributed by atoms with van der Waals surface area (Å²) < 4.78 is 11.4. The number of thioether (sulfide) groups is 1. The number of rotatable bonds is 7. The molecule has 3 aromatic rings. The predicted molar refractivity (Wildman–Crippen MR) is 98.2 cm³/mol. The second kappa shape index (κ2) is 8.37. The van der Waals surface area contributed by atoms with E-state index in [0.29, 0.717) is 22.0 Å². The van der Waals surface area contributed by atoms with Crippen LogP contribution in [0.2, 0.25) is 4.34 Å². The maximum absolute atomic E-state index is 11.9. The van der Waals surface area contributed by atoms with E-state index in [1.165, 1.54) is 23.1 Å². The zero-order chi connectivity index (χ0) is 17.6. The summed E-state index contributed by atoms with van der Waals surface area (Å²) in [5.74, 6) is 1.24. The summed E-state index contributed by atoms with van der Waals surface area (Å²) in [5, 5.41) is 11.1. The Labute approximate surface area is 157 Å². The molecule has 2 heterocycles. The van der Waals surface area contributed by atoms with Crippen molar-refractivity contribution in [2.45, 2.75) is 11.8 Å². The van der Waals surface area contributed by atoms with Gasteiger partial charge in [-0.05, 0) is 36.4 Å². The second-order valence-electron chi connectivity index (χ2n) is 4.87. The third-order valence-corrected chi connectivity index (χ3v) is 5.21. The van der Waals surface area contributed by atoms with Gasteiger partial charge in [0.15, 0.2) is 0 Å². The fraction of sp³-hybridized carbons (Fsp3) is 0.188. The first-order valence-electron chi connectivity index (χ1n) is 7.25. The molecule has 6 nitrogen and oxygen atoms in total. The van der Waals surface area contributed by atoms with Crippen molar-refractivity contribution in [3.05, 3.63) is 45.6 Å². The first-order chi connectivity index (χ1) is 12.1. The summed E-state index contributed by atoms with van der Waals surface area (Å²) in [5.41, 5.74) is 0.791. The van der Waals surface area contributed by atoms with E-state index in [2.05, 4.69) is 15.5 Å². The molecule has 25 heavy (non-hydrogen) atoms. The zero-order valence-electron chi connectivity index (χ0n) is 13.2. The van der Waals surface area contributed by atoms with E-state index in [1.807, 2.05) is 36.4 Å². The highest BCUT2D eigenvalue weighted by Gasteiger charge is 2.11. The lowest BCUT2D eigenvalue weighted by atomic mass is 10.2. The highest BCUT2D eigenvalue weighted by Crippen LogP contribution is 2.25. The van der Waals surface area contributed by atoms with Crippen molar-refractivity contribution in [3.8, 4) is 17.2 Å². The fourth-order valence-corrected chi connectivity index (χ4v) is 3.55. The average Bonchev–Trinajstić information content (AvgIpc) is 3.27. The topological polar surface area (TPSA) is 77.2 Å². The van der Waals surface area contributed by atoms with Gasteiger partial charge in [0.2, 0.25) is 11.8 Å². The third-order valence-electron chi connectivity index (χ3n) is 3.16. The van der Waals surface area contributed by atoms with Crippen LogP contribution >= 0.6 is 34.7 Å². The Morgan fingerprint density at radius 3 is 2.76 bits per heavy atom. The molecule has 3 rings (SSSR count). The standard InChI is InChI=1S/C16H14ClN3O3S2/c1-22-11-4-2-10(3-5-11)15-19-20-16(23-15)24-9-14(21)18-8-12-6-7-13(17)25-12/h2-7H,8-9H2,1H3,(H,18,21). The van der Waals surface area contributed by atoms with Gasteiger partial charge in [0.05, 0.1) is 23.7 Å². The number of nitrogens with one attached hydrogen (secondary N) is 1. The monoisotopic (exact) mass is 395 g/mol. The Bertz CT molecular complexity index is 848. The van der Waals surface area contributed by atoms with Crippen LogP contribution in [0.1, 0.15) is 4.88 Å². The van der Waals surface area contributed by atoms with Crippen molar-refractivity contribution in [1.82, 2.24) is 15.5 Å². The molecule has 0 radical (unpaired) electrons. The van der Waals surface area contributed by atoms with Crippen LogP contribution in [-0.2, 0) is 11.3 Å². The molecular formula is C16H14ClN3O3S2. The maximum atomic E-state index is 11.9. The number of hydrogen-bond donors (Lipinski definition) is 1. The lowest BCUT2D eigenvalue weighted by molar-refractivity contribution is -0.118. The van der Waals surface area contributed by atoms with Crippen LogP contribution in [0.25, 0.3) is 11.5 Å². The average molecular weight is 396 g/mol. The molecule has 1 amide bonds. The molecule has 0 aliphatic heterocycles. The lowest BCUT2D eigenvalue weighted by Gasteiger charge is -2.01. The molecule has 0 saturated heterocycles. The van der Waals surface area contributed by atoms with Crippen molar-refractivity contribution in [2.24, 2.45) is 0 Å². The van der Waals surface area contributed by atoms with Gasteiger partial charge in [0.1, 0.15) is 5.75 Å². The quantitative estimate of drug-likeness (QED) is 0.612. The smallest absolute Gasteiger partial charge is 0.277 e. The number of carbonyl (C=O) groups excluding carboxylic acids is 1. The molecule has 1 N–H and O–H groups in total. The number of methoxy groups -OCH3 is 1. The molecular weight excluding hydrogens is 382 g/mol. The van der Waals surface area contributed by atoms with E-state index in [-0.39, 0.29) is 11.7 Å². The summed E-state index contributed by atoms with van der Waals surface area (Å²) in [4.78, 5) is 12.9. The van der Waals surface area contributed by atoms with Crippen molar-refractivity contribution < 1.29 is 13.9 Å². The van der Waals surface area contributed by atoms with E-state index < -0.39 is 0 Å². The molecule has 0 atom stereocenters. The molecule has 0 bridgehead atoms. The SMILES string of the molecule is COc1ccc(-c2nnc(SCC(=O)NCc3ccc(Cl)s3)o2)cc1. The van der Waals surface area contributed by atoms with E-state index in [9.17, 15) is 4.79 Å². The predicted octanol–water partition coefficient (Wildman–Crippen LogP) is 3.87. The molecule has 9 heteroatoms. The van der Waals surface area contributed by atoms with Crippen LogP contribution in [0.5, 0.6) is 5.75 Å². The number of nitrogens with zero attached hydrogens (tertiary/aromatic N) is 2. The number of ether oxygens (including phenoxy) is 1. The van der Waals surface area contributed by atoms with Crippen LogP contribution in [0.15, 0.2) is 46.0 Å². The van der Waals surface area contributed by atoms with Crippen LogP contribution < -0.4 is 10.1 Å². The minimum Gasteiger partial charge on any atom is -0.497 e. The summed E-state index contributed by atoms with van der Waals surface area (Å²) >= 11 is 8.49. The molecule has 0 aliphatic carbocycles. The first-order valence-corrected chi connectivity index (χ1v) is 9.43. The summed E-state index contributed by atoms with van der Waals surface area (Å²) in [7, 11) is 1.61. The number of aromatic nitrogens is 2. The number of amides is 1. The summed E-state index contributed by atoms with van der Waals surface area (Å²) in [6.45, 7) is 0.456. The Balaban J connectivity index is 1.50. The number of benzene rings is 1. The van der Waals surface area contributed by atoms with Crippen LogP contribution in [0.4, 0.5) is 0 Å². The second-order valence-corrected chi connectivity index (χ2v) is 7.60. The van der Waals surface area contributed by atoms with Gasteiger partial charge in [0.25, 0.3) is 5.22 Å². The Hall–Kier alpha value is -2.03. The summed E-state index contributed by atoms with van der Waals surface area (Å²) in [6, 6.07) is 11.0. The summed E-state index contributed by atoms with van der Waals surface area (Å²) in [6.07, 6.45) is 0. The van der Waals surface area contributed by atoms with Gasteiger partial charge in [-0.25, -0.2) is 0 Å². The molecule has 0 unspecified atom stereocenters. The van der Waals surface area contributed by atoms with E-state index >= 15 is 0 Å². The number of thiophene rings is 1. The highest BCUT2D eigenvalue weighted by molar-refractivity contribution is 7.99. The van der Waals surface area contributed by atoms with Crippen LogP contribution in [0.3, 0.4) is 0 Å². The van der Waals surface area contributed by atoms with E-state index in [4.69, 9.17) is 20.8 Å². The normalized spacial score (nSPS) is 10.6.